The summed E-state index contributed by atoms with van der Waals surface area (Å²) in [5.74, 6) is 0.655. The molecule has 0 spiro atoms. The Balaban J connectivity index is 0.911. The van der Waals surface area contributed by atoms with Crippen LogP contribution in [0.15, 0.2) is 47.2 Å². The number of amides is 4. The SMILES string of the molecule is CCN1C(=O)c2c(c(-c3cc4c(s3)-c3sccc3OC4(C)C)c3nsnc3c2-c2cc3c(s2)-c2sc(-c4c5c(c(-c6cc7c(s6)-c6sccc6C(C)(C)O7)c6nsnc46)C(=O)N(CC)C5=O)cc2C(C)(C)O3)C1=O. The second-order valence-corrected chi connectivity index (χ2v) is 27.2. The Bertz CT molecular complexity index is 4260. The van der Waals surface area contributed by atoms with E-state index in [1.54, 1.807) is 34.0 Å². The summed E-state index contributed by atoms with van der Waals surface area (Å²) in [6.45, 7) is 16.2. The maximum Gasteiger partial charge on any atom is 0.262 e. The lowest BCUT2D eigenvalue weighted by Gasteiger charge is -2.31. The number of fused-ring (bicyclic) bond motifs is 13. The van der Waals surface area contributed by atoms with Crippen molar-refractivity contribution in [2.45, 2.75) is 72.2 Å². The first kappa shape index (κ1) is 45.4. The van der Waals surface area contributed by atoms with E-state index in [9.17, 15) is 19.2 Å². The van der Waals surface area contributed by atoms with Crippen LogP contribution in [0.25, 0.3) is 93.1 Å². The van der Waals surface area contributed by atoms with Crippen molar-refractivity contribution in [3.63, 3.8) is 0 Å². The van der Waals surface area contributed by atoms with Gasteiger partial charge in [0.15, 0.2) is 0 Å². The number of imide groups is 2. The molecular formula is C53H36N6O7S8. The zero-order chi connectivity index (χ0) is 50.8. The molecule has 0 saturated carbocycles. The van der Waals surface area contributed by atoms with E-state index in [4.69, 9.17) is 31.7 Å². The number of rotatable bonds is 6. The molecule has 0 N–H and O–H groups in total. The molecule has 0 atom stereocenters. The molecule has 0 radical (unpaired) electrons. The molecule has 5 aliphatic heterocycles. The maximum atomic E-state index is 14.8. The molecule has 74 heavy (non-hydrogen) atoms. The summed E-state index contributed by atoms with van der Waals surface area (Å²) in [6.07, 6.45) is 0. The minimum atomic E-state index is -0.857. The van der Waals surface area contributed by atoms with Gasteiger partial charge in [-0.15, -0.1) is 68.0 Å². The largest absolute Gasteiger partial charge is 0.482 e. The molecule has 13 heterocycles. The molecule has 0 aliphatic carbocycles. The van der Waals surface area contributed by atoms with E-state index in [0.29, 0.717) is 77.2 Å². The number of nitrogens with zero attached hydrogens (tertiary/aromatic N) is 6. The number of ether oxygens (including phenoxy) is 3. The van der Waals surface area contributed by atoms with Crippen LogP contribution >= 0.6 is 91.5 Å². The highest BCUT2D eigenvalue weighted by Gasteiger charge is 2.47. The number of carbonyl (C=O) groups excluding carboxylic acids is 4. The molecule has 368 valence electrons. The Morgan fingerprint density at radius 2 is 0.770 bits per heavy atom. The lowest BCUT2D eigenvalue weighted by molar-refractivity contribution is 0.0647. The van der Waals surface area contributed by atoms with Gasteiger partial charge in [-0.3, -0.25) is 29.0 Å². The van der Waals surface area contributed by atoms with Crippen LogP contribution in [0.5, 0.6) is 17.2 Å². The summed E-state index contributed by atoms with van der Waals surface area (Å²) in [7, 11) is 0. The minimum Gasteiger partial charge on any atom is -0.482 e. The fourth-order valence-corrected chi connectivity index (χ4v) is 19.8. The zero-order valence-corrected chi connectivity index (χ0v) is 46.9. The molecule has 13 nitrogen and oxygen atoms in total. The molecular weight excluding hydrogens is 1090 g/mol. The van der Waals surface area contributed by atoms with Gasteiger partial charge in [-0.25, -0.2) is 0 Å². The zero-order valence-electron chi connectivity index (χ0n) is 40.3. The molecule has 0 unspecified atom stereocenters. The van der Waals surface area contributed by atoms with E-state index in [1.165, 1.54) is 43.8 Å². The summed E-state index contributed by atoms with van der Waals surface area (Å²) >= 11 is 11.4. The molecule has 4 amide bonds. The van der Waals surface area contributed by atoms with E-state index >= 15 is 0 Å². The van der Waals surface area contributed by atoms with E-state index < -0.39 is 16.8 Å². The second-order valence-electron chi connectivity index (χ2n) is 20.1. The molecule has 2 aromatic carbocycles. The van der Waals surface area contributed by atoms with Crippen molar-refractivity contribution < 1.29 is 33.4 Å². The van der Waals surface area contributed by atoms with Crippen molar-refractivity contribution in [1.82, 2.24) is 27.3 Å². The standard InChI is InChI=1S/C53H36N6O7S8/c1-9-58-47(60)33-29(25-15-20-42(69-25)44-22(12-14-68-44)64-52(20,5)6)37-40(57-73-54-37)32(36(33)50(58)63)28-18-24-46(72-28)43-21(53(7,8)66-24)16-26(70-43)30-34-35(49(62)59(10-2)48(34)61)31(39-38(30)55-74-56-39)27-17-23-45(71-27)41-19(11-13-67-41)51(3,4)65-23/h11-18H,9-10H2,1-8H3. The lowest BCUT2D eigenvalue weighted by atomic mass is 9.90. The van der Waals surface area contributed by atoms with Crippen molar-refractivity contribution >= 4 is 137 Å². The van der Waals surface area contributed by atoms with Crippen LogP contribution in [-0.4, -0.2) is 64.0 Å². The quantitative estimate of drug-likeness (QED) is 0.146. The summed E-state index contributed by atoms with van der Waals surface area (Å²) in [5.41, 5.74) is 6.62. The molecule has 10 aromatic rings. The Morgan fingerprint density at radius 1 is 0.419 bits per heavy atom. The summed E-state index contributed by atoms with van der Waals surface area (Å²) in [4.78, 5) is 70.5. The summed E-state index contributed by atoms with van der Waals surface area (Å²) < 4.78 is 39.5. The summed E-state index contributed by atoms with van der Waals surface area (Å²) in [6, 6.07) is 12.2. The highest BCUT2D eigenvalue weighted by molar-refractivity contribution is 7.26. The van der Waals surface area contributed by atoms with Crippen molar-refractivity contribution in [2.75, 3.05) is 13.1 Å². The Labute approximate surface area is 453 Å². The van der Waals surface area contributed by atoms with E-state index in [1.807, 2.05) is 65.1 Å². The molecule has 0 fully saturated rings. The first-order chi connectivity index (χ1) is 35.5. The number of aromatic nitrogens is 4. The first-order valence-corrected chi connectivity index (χ1v) is 30.2. The van der Waals surface area contributed by atoms with Crippen LogP contribution in [0, 0.1) is 0 Å². The van der Waals surface area contributed by atoms with Gasteiger partial charge in [0.1, 0.15) is 56.1 Å². The van der Waals surface area contributed by atoms with Crippen LogP contribution in [0.3, 0.4) is 0 Å². The van der Waals surface area contributed by atoms with Gasteiger partial charge in [0, 0.05) is 71.5 Å². The smallest absolute Gasteiger partial charge is 0.262 e. The lowest BCUT2D eigenvalue weighted by Crippen LogP contribution is -2.29. The van der Waals surface area contributed by atoms with Crippen LogP contribution in [0.4, 0.5) is 0 Å². The Morgan fingerprint density at radius 3 is 1.22 bits per heavy atom. The average Bonchev–Trinajstić information content (AvgIpc) is 4.21. The van der Waals surface area contributed by atoms with Gasteiger partial charge in [0.2, 0.25) is 0 Å². The van der Waals surface area contributed by atoms with E-state index in [0.717, 1.165) is 95.5 Å². The van der Waals surface area contributed by atoms with Crippen LogP contribution in [0.2, 0.25) is 0 Å². The monoisotopic (exact) mass is 1120 g/mol. The van der Waals surface area contributed by atoms with Gasteiger partial charge in [0.25, 0.3) is 23.6 Å². The average molecular weight is 1130 g/mol. The van der Waals surface area contributed by atoms with Gasteiger partial charge in [-0.1, -0.05) is 0 Å². The van der Waals surface area contributed by atoms with Crippen LogP contribution in [0.1, 0.15) is 114 Å². The predicted molar refractivity (Wildman–Crippen MR) is 297 cm³/mol. The van der Waals surface area contributed by atoms with E-state index in [2.05, 4.69) is 37.4 Å². The van der Waals surface area contributed by atoms with E-state index in [-0.39, 0.29) is 36.7 Å². The number of hydrogen-bond donors (Lipinski definition) is 0. The van der Waals surface area contributed by atoms with Crippen LogP contribution < -0.4 is 14.2 Å². The van der Waals surface area contributed by atoms with Crippen LogP contribution in [-0.2, 0) is 16.8 Å². The molecule has 0 saturated heterocycles. The van der Waals surface area contributed by atoms with Gasteiger partial charge in [0.05, 0.1) is 75.0 Å². The second kappa shape index (κ2) is 15.1. The van der Waals surface area contributed by atoms with Gasteiger partial charge >= 0.3 is 0 Å². The number of benzene rings is 2. The fourth-order valence-electron chi connectivity index (χ4n) is 11.3. The first-order valence-electron chi connectivity index (χ1n) is 23.7. The highest BCUT2D eigenvalue weighted by Crippen LogP contribution is 2.61. The topological polar surface area (TPSA) is 154 Å². The highest BCUT2D eigenvalue weighted by atomic mass is 32.1. The Kier molecular flexibility index (Phi) is 9.25. The molecule has 21 heteroatoms. The molecule has 15 rings (SSSR count). The number of thiophene rings is 6. The predicted octanol–water partition coefficient (Wildman–Crippen LogP) is 14.8. The number of hydrogen-bond acceptors (Lipinski definition) is 19. The molecule has 8 aromatic heterocycles. The van der Waals surface area contributed by atoms with Crippen molar-refractivity contribution in [1.29, 1.82) is 0 Å². The maximum absolute atomic E-state index is 14.8. The minimum absolute atomic E-state index is 0.188. The third kappa shape index (κ3) is 5.81. The molecule has 0 bridgehead atoms. The van der Waals surface area contributed by atoms with Gasteiger partial charge in [-0.2, -0.15) is 17.5 Å². The summed E-state index contributed by atoms with van der Waals surface area (Å²) in [5, 5.41) is 4.10. The third-order valence-electron chi connectivity index (χ3n) is 14.7. The van der Waals surface area contributed by atoms with Gasteiger partial charge in [-0.05, 0) is 103 Å². The third-order valence-corrected chi connectivity index (χ3v) is 22.6. The van der Waals surface area contributed by atoms with Gasteiger partial charge < -0.3 is 14.2 Å². The normalized spacial score (nSPS) is 17.2. The van der Waals surface area contributed by atoms with Crippen molar-refractivity contribution in [3.05, 3.63) is 86.1 Å². The van der Waals surface area contributed by atoms with Crippen molar-refractivity contribution in [3.8, 4) is 88.3 Å². The number of carbonyl (C=O) groups is 4. The fraction of sp³-hybridized carbons (Fsp3) is 0.245. The Hall–Kier alpha value is -6.04. The van der Waals surface area contributed by atoms with Crippen molar-refractivity contribution in [2.24, 2.45) is 0 Å². The molecule has 5 aliphatic rings.